The van der Waals surface area contributed by atoms with Crippen molar-refractivity contribution in [2.75, 3.05) is 5.32 Å². The number of carbonyl (C=O) groups is 1. The van der Waals surface area contributed by atoms with Crippen molar-refractivity contribution in [1.29, 1.82) is 0 Å². The first-order valence-corrected chi connectivity index (χ1v) is 8.75. The van der Waals surface area contributed by atoms with Crippen LogP contribution in [-0.2, 0) is 6.61 Å². The predicted molar refractivity (Wildman–Crippen MR) is 104 cm³/mol. The maximum atomic E-state index is 12.4. The van der Waals surface area contributed by atoms with Gasteiger partial charge in [-0.25, -0.2) is 0 Å². The largest absolute Gasteiger partial charge is 0.485 e. The van der Waals surface area contributed by atoms with Crippen molar-refractivity contribution in [2.24, 2.45) is 0 Å². The van der Waals surface area contributed by atoms with E-state index < -0.39 is 16.7 Å². The molecule has 0 fully saturated rings. The highest BCUT2D eigenvalue weighted by molar-refractivity contribution is 6.04. The number of ether oxygens (including phenoxy) is 1. The number of benzene rings is 2. The predicted octanol–water partition coefficient (Wildman–Crippen LogP) is 4.07. The summed E-state index contributed by atoms with van der Waals surface area (Å²) in [5, 5.41) is 17.2. The Morgan fingerprint density at radius 3 is 2.60 bits per heavy atom. The zero-order valence-electron chi connectivity index (χ0n) is 15.3. The summed E-state index contributed by atoms with van der Waals surface area (Å²) in [4.78, 5) is 26.7. The Balaban J connectivity index is 1.49. The van der Waals surface area contributed by atoms with Crippen LogP contribution >= 0.6 is 0 Å². The number of para-hydroxylation sites is 2. The summed E-state index contributed by atoms with van der Waals surface area (Å²) in [6.07, 6.45) is 0. The van der Waals surface area contributed by atoms with Gasteiger partial charge in [-0.15, -0.1) is 0 Å². The van der Waals surface area contributed by atoms with Crippen LogP contribution in [0.1, 0.15) is 16.4 Å². The number of amides is 1. The number of carbonyl (C=O) groups excluding carboxylic acids is 1. The van der Waals surface area contributed by atoms with Gasteiger partial charge >= 0.3 is 5.88 Å². The number of anilines is 1. The average molecular weight is 406 g/mol. The maximum Gasteiger partial charge on any atom is 0.433 e. The Bertz CT molecular complexity index is 1180. The molecule has 2 aromatic heterocycles. The number of furan rings is 1. The first-order valence-electron chi connectivity index (χ1n) is 8.75. The highest BCUT2D eigenvalue weighted by Gasteiger charge is 2.20. The maximum absolute atomic E-state index is 12.4. The quantitative estimate of drug-likeness (QED) is 0.359. The van der Waals surface area contributed by atoms with Gasteiger partial charge in [-0.2, -0.15) is 4.98 Å². The molecule has 0 unspecified atom stereocenters. The molecule has 150 valence electrons. The van der Waals surface area contributed by atoms with E-state index in [1.807, 2.05) is 30.3 Å². The van der Waals surface area contributed by atoms with E-state index in [0.29, 0.717) is 22.8 Å². The number of nitrogens with zero attached hydrogens (tertiary/aromatic N) is 3. The fourth-order valence-corrected chi connectivity index (χ4v) is 2.60. The van der Waals surface area contributed by atoms with Crippen molar-refractivity contribution in [3.63, 3.8) is 0 Å². The minimum atomic E-state index is -0.720. The van der Waals surface area contributed by atoms with Crippen LogP contribution < -0.4 is 10.1 Å². The van der Waals surface area contributed by atoms with Crippen molar-refractivity contribution < 1.29 is 23.4 Å². The van der Waals surface area contributed by atoms with E-state index in [1.165, 1.54) is 6.07 Å². The molecule has 0 aliphatic heterocycles. The fourth-order valence-electron chi connectivity index (χ4n) is 2.60. The smallest absolute Gasteiger partial charge is 0.433 e. The van der Waals surface area contributed by atoms with Crippen molar-refractivity contribution in [2.45, 2.75) is 6.61 Å². The van der Waals surface area contributed by atoms with Crippen molar-refractivity contribution in [3.8, 4) is 17.2 Å². The molecule has 2 aromatic carbocycles. The number of nitro groups is 1. The number of rotatable bonds is 7. The summed E-state index contributed by atoms with van der Waals surface area (Å²) in [7, 11) is 0. The number of hydrogen-bond donors (Lipinski definition) is 1. The average Bonchev–Trinajstić information content (AvgIpc) is 3.44. The second-order valence-corrected chi connectivity index (χ2v) is 6.01. The minimum absolute atomic E-state index is 0.109. The molecule has 30 heavy (non-hydrogen) atoms. The van der Waals surface area contributed by atoms with E-state index in [0.717, 1.165) is 6.07 Å². The first-order chi connectivity index (χ1) is 14.6. The van der Waals surface area contributed by atoms with Crippen molar-refractivity contribution in [1.82, 2.24) is 10.1 Å². The highest BCUT2D eigenvalue weighted by atomic mass is 16.6. The summed E-state index contributed by atoms with van der Waals surface area (Å²) in [5.41, 5.74) is 0.853. The molecule has 0 spiro atoms. The second-order valence-electron chi connectivity index (χ2n) is 6.01. The van der Waals surface area contributed by atoms with E-state index in [-0.39, 0.29) is 18.3 Å². The molecular formula is C20H14N4O6. The van der Waals surface area contributed by atoms with Crippen LogP contribution in [0.15, 0.2) is 75.7 Å². The molecule has 0 saturated heterocycles. The minimum Gasteiger partial charge on any atom is -0.485 e. The van der Waals surface area contributed by atoms with Crippen molar-refractivity contribution >= 4 is 17.5 Å². The number of nitrogens with one attached hydrogen (secondary N) is 1. The zero-order valence-corrected chi connectivity index (χ0v) is 15.3. The molecular weight excluding hydrogens is 392 g/mol. The third kappa shape index (κ3) is 4.17. The molecule has 0 radical (unpaired) electrons. The molecule has 0 saturated carbocycles. The number of hydrogen-bond acceptors (Lipinski definition) is 8. The summed E-state index contributed by atoms with van der Waals surface area (Å²) in [6, 6.07) is 18.3. The molecule has 0 atom stereocenters. The van der Waals surface area contributed by atoms with Crippen LogP contribution in [0.3, 0.4) is 0 Å². The van der Waals surface area contributed by atoms with Gasteiger partial charge in [0.25, 0.3) is 11.8 Å². The van der Waals surface area contributed by atoms with Crippen LogP contribution in [0.5, 0.6) is 5.75 Å². The van der Waals surface area contributed by atoms with Gasteiger partial charge in [-0.05, 0) is 30.3 Å². The lowest BCUT2D eigenvalue weighted by Crippen LogP contribution is -2.11. The lowest BCUT2D eigenvalue weighted by atomic mass is 10.1. The second kappa shape index (κ2) is 8.27. The van der Waals surface area contributed by atoms with Crippen LogP contribution in [0.2, 0.25) is 0 Å². The van der Waals surface area contributed by atoms with Crippen LogP contribution in [0.4, 0.5) is 11.6 Å². The van der Waals surface area contributed by atoms with Gasteiger partial charge in [-0.1, -0.05) is 35.5 Å². The third-order valence-electron chi connectivity index (χ3n) is 3.98. The van der Waals surface area contributed by atoms with Crippen LogP contribution in [0.25, 0.3) is 11.5 Å². The lowest BCUT2D eigenvalue weighted by molar-refractivity contribution is -0.402. The molecule has 0 aliphatic rings. The Labute approximate surface area is 169 Å². The highest BCUT2D eigenvalue weighted by Crippen LogP contribution is 2.27. The normalized spacial score (nSPS) is 10.5. The summed E-state index contributed by atoms with van der Waals surface area (Å²) < 4.78 is 15.8. The van der Waals surface area contributed by atoms with Gasteiger partial charge in [0.05, 0.1) is 17.3 Å². The molecule has 4 rings (SSSR count). The summed E-state index contributed by atoms with van der Waals surface area (Å²) >= 11 is 0. The summed E-state index contributed by atoms with van der Waals surface area (Å²) in [6.45, 7) is 0.109. The Kier molecular flexibility index (Phi) is 5.20. The Morgan fingerprint density at radius 1 is 1.07 bits per heavy atom. The van der Waals surface area contributed by atoms with Crippen LogP contribution in [-0.4, -0.2) is 21.0 Å². The first kappa shape index (κ1) is 18.9. The topological polar surface area (TPSA) is 134 Å². The third-order valence-corrected chi connectivity index (χ3v) is 3.98. The molecule has 1 N–H and O–H groups in total. The van der Waals surface area contributed by atoms with Gasteiger partial charge in [0.15, 0.2) is 12.4 Å². The lowest BCUT2D eigenvalue weighted by Gasteiger charge is -2.06. The SMILES string of the molecule is O=C(Nc1ccccc1-c1nc(COc2ccccc2)no1)c1ccc([N+](=O)[O-])o1. The van der Waals surface area contributed by atoms with E-state index in [2.05, 4.69) is 15.5 Å². The van der Waals surface area contributed by atoms with Gasteiger partial charge in [0.2, 0.25) is 5.82 Å². The Hall–Kier alpha value is -4.47. The van der Waals surface area contributed by atoms with Crippen molar-refractivity contribution in [3.05, 3.63) is 88.4 Å². The molecule has 10 heteroatoms. The van der Waals surface area contributed by atoms with Gasteiger partial charge in [0, 0.05) is 0 Å². The molecule has 1 amide bonds. The molecule has 0 aliphatic carbocycles. The molecule has 0 bridgehead atoms. The van der Waals surface area contributed by atoms with E-state index in [9.17, 15) is 14.9 Å². The molecule has 4 aromatic rings. The molecule has 2 heterocycles. The number of aromatic nitrogens is 2. The van der Waals surface area contributed by atoms with E-state index >= 15 is 0 Å². The van der Waals surface area contributed by atoms with E-state index in [1.54, 1.807) is 24.3 Å². The summed E-state index contributed by atoms with van der Waals surface area (Å²) in [5.74, 6) is -0.182. The van der Waals surface area contributed by atoms with Gasteiger partial charge in [-0.3, -0.25) is 14.9 Å². The van der Waals surface area contributed by atoms with E-state index in [4.69, 9.17) is 13.7 Å². The zero-order chi connectivity index (χ0) is 20.9. The standard InChI is InChI=1S/C20H14N4O6/c25-19(16-10-11-18(29-16)24(26)27)21-15-9-5-4-8-14(15)20-22-17(23-30-20)12-28-13-6-2-1-3-7-13/h1-11H,12H2,(H,21,25). The molecule has 10 nitrogen and oxygen atoms in total. The van der Waals surface area contributed by atoms with Crippen LogP contribution in [0, 0.1) is 10.1 Å². The van der Waals surface area contributed by atoms with Gasteiger partial charge in [0.1, 0.15) is 10.7 Å². The Morgan fingerprint density at radius 2 is 1.83 bits per heavy atom. The monoisotopic (exact) mass is 406 g/mol. The van der Waals surface area contributed by atoms with Gasteiger partial charge < -0.3 is 19.0 Å². The fraction of sp³-hybridized carbons (Fsp3) is 0.0500.